The molecule has 0 fully saturated rings. The average Bonchev–Trinajstić information content (AvgIpc) is 2.19. The van der Waals surface area contributed by atoms with Gasteiger partial charge in [0, 0.05) is 10.6 Å². The summed E-state index contributed by atoms with van der Waals surface area (Å²) >= 11 is 5.61. The summed E-state index contributed by atoms with van der Waals surface area (Å²) in [6.07, 6.45) is 0. The maximum Gasteiger partial charge on any atom is 0.321 e. The second kappa shape index (κ2) is 5.88. The third kappa shape index (κ3) is 5.56. The fourth-order valence-electron chi connectivity index (χ4n) is 1.22. The number of hydrogen-bond acceptors (Lipinski definition) is 2. The Morgan fingerprint density at radius 3 is 2.58 bits per heavy atom. The van der Waals surface area contributed by atoms with E-state index in [1.165, 1.54) is 12.1 Å². The number of urea groups is 1. The molecule has 1 aromatic rings. The van der Waals surface area contributed by atoms with Crippen molar-refractivity contribution in [2.75, 3.05) is 0 Å². The number of rotatable bonds is 1. The molecular weight excluding hydrogens is 271 g/mol. The molecular formula is C12H16ClFN4O. The zero-order chi connectivity index (χ0) is 14.6. The van der Waals surface area contributed by atoms with Crippen LogP contribution in [-0.2, 0) is 0 Å². The van der Waals surface area contributed by atoms with E-state index < -0.39 is 17.4 Å². The zero-order valence-electron chi connectivity index (χ0n) is 10.9. The molecule has 19 heavy (non-hydrogen) atoms. The standard InChI is InChI=1S/C12H16ClFN4O/c1-12(2,3)18-11(19)17-10(15)16-9-5-4-7(13)6-8(9)14/h4-6H,1-3H3,(H4,15,16,17,18,19). The quantitative estimate of drug-likeness (QED) is 0.548. The van der Waals surface area contributed by atoms with E-state index in [9.17, 15) is 9.18 Å². The van der Waals surface area contributed by atoms with Gasteiger partial charge in [-0.2, -0.15) is 0 Å². The molecule has 0 aliphatic heterocycles. The zero-order valence-corrected chi connectivity index (χ0v) is 11.7. The lowest BCUT2D eigenvalue weighted by Crippen LogP contribution is -2.50. The van der Waals surface area contributed by atoms with Crippen LogP contribution in [0.4, 0.5) is 14.9 Å². The van der Waals surface area contributed by atoms with Crippen molar-refractivity contribution in [1.29, 1.82) is 0 Å². The fourth-order valence-corrected chi connectivity index (χ4v) is 1.38. The summed E-state index contributed by atoms with van der Waals surface area (Å²) < 4.78 is 13.4. The summed E-state index contributed by atoms with van der Waals surface area (Å²) in [5.41, 5.74) is 5.10. The van der Waals surface area contributed by atoms with Gasteiger partial charge in [-0.05, 0) is 39.0 Å². The van der Waals surface area contributed by atoms with Crippen LogP contribution in [0.3, 0.4) is 0 Å². The summed E-state index contributed by atoms with van der Waals surface area (Å²) in [5, 5.41) is 5.20. The molecule has 104 valence electrons. The minimum Gasteiger partial charge on any atom is -0.369 e. The highest BCUT2D eigenvalue weighted by molar-refractivity contribution is 6.30. The average molecular weight is 287 g/mol. The van der Waals surface area contributed by atoms with Crippen molar-refractivity contribution < 1.29 is 9.18 Å². The van der Waals surface area contributed by atoms with Crippen LogP contribution >= 0.6 is 11.6 Å². The number of carbonyl (C=O) groups is 1. The van der Waals surface area contributed by atoms with Gasteiger partial charge in [0.25, 0.3) is 0 Å². The van der Waals surface area contributed by atoms with Crippen molar-refractivity contribution in [1.82, 2.24) is 10.6 Å². The van der Waals surface area contributed by atoms with E-state index in [4.69, 9.17) is 17.3 Å². The maximum absolute atomic E-state index is 13.4. The van der Waals surface area contributed by atoms with Gasteiger partial charge in [0.15, 0.2) is 0 Å². The van der Waals surface area contributed by atoms with Crippen LogP contribution in [0.2, 0.25) is 5.02 Å². The molecule has 0 spiro atoms. The molecule has 4 N–H and O–H groups in total. The lowest BCUT2D eigenvalue weighted by Gasteiger charge is -2.20. The number of benzene rings is 1. The Labute approximate surface area is 116 Å². The number of nitrogens with one attached hydrogen (secondary N) is 2. The number of amides is 2. The van der Waals surface area contributed by atoms with E-state index in [0.717, 1.165) is 6.07 Å². The first kappa shape index (κ1) is 15.2. The van der Waals surface area contributed by atoms with Gasteiger partial charge >= 0.3 is 6.03 Å². The third-order valence-electron chi connectivity index (χ3n) is 1.88. The predicted molar refractivity (Wildman–Crippen MR) is 74.1 cm³/mol. The van der Waals surface area contributed by atoms with Crippen LogP contribution in [0.5, 0.6) is 0 Å². The molecule has 0 bridgehead atoms. The molecule has 2 amide bonds. The van der Waals surface area contributed by atoms with E-state index in [1.807, 2.05) is 20.8 Å². The topological polar surface area (TPSA) is 79.5 Å². The first-order chi connectivity index (χ1) is 8.67. The monoisotopic (exact) mass is 286 g/mol. The fraction of sp³-hybridized carbons (Fsp3) is 0.333. The molecule has 5 nitrogen and oxygen atoms in total. The molecule has 0 saturated heterocycles. The summed E-state index contributed by atoms with van der Waals surface area (Å²) in [7, 11) is 0. The highest BCUT2D eigenvalue weighted by atomic mass is 35.5. The number of nitrogens with two attached hydrogens (primary N) is 1. The number of carbonyl (C=O) groups excluding carboxylic acids is 1. The highest BCUT2D eigenvalue weighted by Gasteiger charge is 2.14. The molecule has 0 atom stereocenters. The Morgan fingerprint density at radius 2 is 2.05 bits per heavy atom. The summed E-state index contributed by atoms with van der Waals surface area (Å²) in [6, 6.07) is 3.45. The van der Waals surface area contributed by atoms with Gasteiger partial charge in [0.2, 0.25) is 5.96 Å². The van der Waals surface area contributed by atoms with E-state index in [-0.39, 0.29) is 16.7 Å². The smallest absolute Gasteiger partial charge is 0.321 e. The lowest BCUT2D eigenvalue weighted by molar-refractivity contribution is 0.236. The summed E-state index contributed by atoms with van der Waals surface area (Å²) in [4.78, 5) is 15.3. The molecule has 0 aliphatic rings. The first-order valence-corrected chi connectivity index (χ1v) is 5.93. The molecule has 0 aliphatic carbocycles. The lowest BCUT2D eigenvalue weighted by atomic mass is 10.1. The minimum absolute atomic E-state index is 0.00189. The van der Waals surface area contributed by atoms with Crippen molar-refractivity contribution in [3.05, 3.63) is 29.0 Å². The number of nitrogens with zero attached hydrogens (tertiary/aromatic N) is 1. The summed E-state index contributed by atoms with van der Waals surface area (Å²) in [6.45, 7) is 5.45. The summed E-state index contributed by atoms with van der Waals surface area (Å²) in [5.74, 6) is -0.823. The van der Waals surface area contributed by atoms with Crippen LogP contribution in [-0.4, -0.2) is 17.5 Å². The van der Waals surface area contributed by atoms with Crippen molar-refractivity contribution in [3.63, 3.8) is 0 Å². The van der Waals surface area contributed by atoms with Gasteiger partial charge in [-0.1, -0.05) is 11.6 Å². The molecule has 1 rings (SSSR count). The molecule has 1 aromatic carbocycles. The van der Waals surface area contributed by atoms with Crippen molar-refractivity contribution >= 4 is 29.3 Å². The van der Waals surface area contributed by atoms with E-state index in [0.29, 0.717) is 0 Å². The minimum atomic E-state index is -0.617. The largest absolute Gasteiger partial charge is 0.369 e. The Kier molecular flexibility index (Phi) is 4.72. The van der Waals surface area contributed by atoms with Crippen LogP contribution in [0.1, 0.15) is 20.8 Å². The molecule has 0 heterocycles. The Balaban J connectivity index is 2.74. The van der Waals surface area contributed by atoms with Gasteiger partial charge in [0.1, 0.15) is 11.5 Å². The SMILES string of the molecule is CC(C)(C)NC(=O)NC(N)=Nc1ccc(Cl)cc1F. The van der Waals surface area contributed by atoms with Gasteiger partial charge in [0.05, 0.1) is 0 Å². The van der Waals surface area contributed by atoms with Gasteiger partial charge in [-0.15, -0.1) is 0 Å². The second-order valence-corrected chi connectivity index (χ2v) is 5.36. The Hall–Kier alpha value is -1.82. The second-order valence-electron chi connectivity index (χ2n) is 4.92. The third-order valence-corrected chi connectivity index (χ3v) is 2.12. The van der Waals surface area contributed by atoms with Crippen molar-refractivity contribution in [2.24, 2.45) is 10.7 Å². The van der Waals surface area contributed by atoms with Crippen LogP contribution in [0, 0.1) is 5.82 Å². The van der Waals surface area contributed by atoms with Crippen LogP contribution in [0.25, 0.3) is 0 Å². The number of hydrogen-bond donors (Lipinski definition) is 3. The normalized spacial score (nSPS) is 12.2. The predicted octanol–water partition coefficient (Wildman–Crippen LogP) is 2.52. The number of aliphatic imine (C=N–C) groups is 1. The Bertz CT molecular complexity index is 511. The van der Waals surface area contributed by atoms with Gasteiger partial charge < -0.3 is 11.1 Å². The van der Waals surface area contributed by atoms with Crippen LogP contribution in [0.15, 0.2) is 23.2 Å². The van der Waals surface area contributed by atoms with Gasteiger partial charge in [-0.25, -0.2) is 14.2 Å². The molecule has 0 radical (unpaired) electrons. The maximum atomic E-state index is 13.4. The molecule has 0 saturated carbocycles. The number of guanidine groups is 1. The van der Waals surface area contributed by atoms with Crippen LogP contribution < -0.4 is 16.4 Å². The molecule has 0 aromatic heterocycles. The molecule has 0 unspecified atom stereocenters. The Morgan fingerprint density at radius 1 is 1.42 bits per heavy atom. The van der Waals surface area contributed by atoms with E-state index in [2.05, 4.69) is 15.6 Å². The molecule has 7 heteroatoms. The highest BCUT2D eigenvalue weighted by Crippen LogP contribution is 2.21. The van der Waals surface area contributed by atoms with E-state index >= 15 is 0 Å². The van der Waals surface area contributed by atoms with E-state index in [1.54, 1.807) is 0 Å². The number of halogens is 2. The first-order valence-electron chi connectivity index (χ1n) is 5.56. The van der Waals surface area contributed by atoms with Crippen molar-refractivity contribution in [3.8, 4) is 0 Å². The van der Waals surface area contributed by atoms with Gasteiger partial charge in [-0.3, -0.25) is 5.32 Å². The van der Waals surface area contributed by atoms with Crippen molar-refractivity contribution in [2.45, 2.75) is 26.3 Å².